The van der Waals surface area contributed by atoms with Crippen LogP contribution in [0.4, 0.5) is 5.69 Å². The van der Waals surface area contributed by atoms with Crippen molar-refractivity contribution in [2.75, 3.05) is 25.3 Å². The molecule has 8 nitrogen and oxygen atoms in total. The van der Waals surface area contributed by atoms with E-state index in [1.165, 1.54) is 31.0 Å². The second-order valence-corrected chi connectivity index (χ2v) is 10.9. The van der Waals surface area contributed by atoms with Gasteiger partial charge in [0.25, 0.3) is 0 Å². The molecule has 3 rings (SSSR count). The molecule has 0 aromatic heterocycles. The van der Waals surface area contributed by atoms with Crippen LogP contribution in [0.15, 0.2) is 46.2 Å². The number of hydrogen-bond acceptors (Lipinski definition) is 7. The Balaban J connectivity index is 1.67. The molecule has 0 saturated heterocycles. The maximum Gasteiger partial charge on any atom is 0.237 e. The Labute approximate surface area is 192 Å². The van der Waals surface area contributed by atoms with Gasteiger partial charge in [-0.25, -0.2) is 8.42 Å². The minimum absolute atomic E-state index is 0.0702. The molecule has 0 spiro atoms. The summed E-state index contributed by atoms with van der Waals surface area (Å²) in [5, 5.41) is 5.25. The monoisotopic (exact) mass is 478 g/mol. The van der Waals surface area contributed by atoms with Crippen molar-refractivity contribution >= 4 is 39.1 Å². The van der Waals surface area contributed by atoms with Crippen LogP contribution in [0.5, 0.6) is 11.5 Å². The topological polar surface area (TPSA) is 111 Å². The van der Waals surface area contributed by atoms with Gasteiger partial charge in [-0.05, 0) is 43.3 Å². The van der Waals surface area contributed by atoms with E-state index in [0.29, 0.717) is 22.7 Å². The molecule has 0 fully saturated rings. The number of amides is 2. The van der Waals surface area contributed by atoms with Gasteiger partial charge in [-0.15, -0.1) is 11.8 Å². The molecule has 2 aromatic carbocycles. The fraction of sp³-hybridized carbons (Fsp3) is 0.364. The average Bonchev–Trinajstić information content (AvgIpc) is 2.77. The van der Waals surface area contributed by atoms with Gasteiger partial charge in [-0.2, -0.15) is 0 Å². The lowest BCUT2D eigenvalue weighted by atomic mass is 10.1. The van der Waals surface area contributed by atoms with Crippen molar-refractivity contribution in [2.45, 2.75) is 35.4 Å². The first kappa shape index (κ1) is 23.9. The number of carbonyl (C=O) groups is 2. The third-order valence-corrected chi connectivity index (χ3v) is 8.19. The van der Waals surface area contributed by atoms with Crippen LogP contribution >= 0.6 is 11.8 Å². The van der Waals surface area contributed by atoms with Gasteiger partial charge in [0.15, 0.2) is 9.84 Å². The van der Waals surface area contributed by atoms with E-state index in [9.17, 15) is 18.0 Å². The highest BCUT2D eigenvalue weighted by Gasteiger charge is 2.27. The number of nitrogens with one attached hydrogen (secondary N) is 2. The van der Waals surface area contributed by atoms with Crippen molar-refractivity contribution in [1.82, 2.24) is 5.32 Å². The van der Waals surface area contributed by atoms with E-state index in [2.05, 4.69) is 10.6 Å². The number of benzene rings is 2. The van der Waals surface area contributed by atoms with Crippen LogP contribution in [0, 0.1) is 5.92 Å². The Morgan fingerprint density at radius 3 is 2.62 bits per heavy atom. The van der Waals surface area contributed by atoms with Crippen LogP contribution in [0.25, 0.3) is 0 Å². The normalized spacial score (nSPS) is 16.5. The highest BCUT2D eigenvalue weighted by Crippen LogP contribution is 2.37. The van der Waals surface area contributed by atoms with Crippen LogP contribution in [-0.4, -0.2) is 45.5 Å². The van der Waals surface area contributed by atoms with E-state index in [0.717, 1.165) is 4.90 Å². The number of fused-ring (bicyclic) bond motifs is 1. The maximum absolute atomic E-state index is 12.9. The fourth-order valence-electron chi connectivity index (χ4n) is 3.26. The summed E-state index contributed by atoms with van der Waals surface area (Å²) in [5.74, 6) is -0.486. The second-order valence-electron chi connectivity index (χ2n) is 7.49. The summed E-state index contributed by atoms with van der Waals surface area (Å²) in [4.78, 5) is 25.4. The molecule has 2 atom stereocenters. The number of hydrogen-bond donors (Lipinski definition) is 2. The van der Waals surface area contributed by atoms with Gasteiger partial charge in [-0.1, -0.05) is 6.92 Å². The lowest BCUT2D eigenvalue weighted by molar-refractivity contribution is -0.124. The maximum atomic E-state index is 12.9. The molecule has 10 heteroatoms. The molecule has 0 saturated carbocycles. The predicted octanol–water partition coefficient (Wildman–Crippen LogP) is 2.86. The summed E-state index contributed by atoms with van der Waals surface area (Å²) >= 11 is 1.38. The highest BCUT2D eigenvalue weighted by atomic mass is 32.2. The third kappa shape index (κ3) is 5.36. The van der Waals surface area contributed by atoms with Gasteiger partial charge >= 0.3 is 0 Å². The lowest BCUT2D eigenvalue weighted by Gasteiger charge is -2.22. The molecule has 1 heterocycles. The Kier molecular flexibility index (Phi) is 7.35. The quantitative estimate of drug-likeness (QED) is 0.600. The van der Waals surface area contributed by atoms with E-state index in [1.54, 1.807) is 45.2 Å². The zero-order chi connectivity index (χ0) is 23.5. The molecule has 172 valence electrons. The summed E-state index contributed by atoms with van der Waals surface area (Å²) in [7, 11) is -0.667. The van der Waals surface area contributed by atoms with Gasteiger partial charge < -0.3 is 20.1 Å². The molecule has 2 N–H and O–H groups in total. The van der Waals surface area contributed by atoms with Crippen LogP contribution < -0.4 is 20.1 Å². The zero-order valence-corrected chi connectivity index (χ0v) is 19.9. The minimum atomic E-state index is -3.74. The van der Waals surface area contributed by atoms with E-state index < -0.39 is 21.7 Å². The molecule has 0 aliphatic carbocycles. The molecule has 0 bridgehead atoms. The van der Waals surface area contributed by atoms with E-state index in [1.807, 2.05) is 0 Å². The number of anilines is 1. The number of ether oxygens (including phenoxy) is 2. The van der Waals surface area contributed by atoms with Crippen molar-refractivity contribution in [2.24, 2.45) is 5.92 Å². The first-order valence-electron chi connectivity index (χ1n) is 9.97. The second kappa shape index (κ2) is 9.83. The smallest absolute Gasteiger partial charge is 0.237 e. The first-order valence-corrected chi connectivity index (χ1v) is 12.5. The van der Waals surface area contributed by atoms with Gasteiger partial charge in [0.2, 0.25) is 11.8 Å². The number of thioether (sulfide) groups is 1. The molecule has 0 radical (unpaired) electrons. The van der Waals surface area contributed by atoms with Gasteiger partial charge in [-0.3, -0.25) is 9.59 Å². The van der Waals surface area contributed by atoms with Gasteiger partial charge in [0.05, 0.1) is 35.8 Å². The summed E-state index contributed by atoms with van der Waals surface area (Å²) in [6.07, 6.45) is 0. The first-order chi connectivity index (χ1) is 15.1. The fourth-order valence-corrected chi connectivity index (χ4v) is 5.76. The number of carbonyl (C=O) groups excluding carboxylic acids is 2. The SMILES string of the molecule is COc1ccc(OC)c(CNC(=O)[C@@H](C)CS(=O)(=O)c2ccc3c(c2)NC(=O)[C@H](C)S3)c1. The lowest BCUT2D eigenvalue weighted by Crippen LogP contribution is -2.33. The number of methoxy groups -OCH3 is 2. The molecule has 32 heavy (non-hydrogen) atoms. The standard InChI is InChI=1S/C22H26N2O6S2/c1-13(21(25)23-11-15-9-16(29-3)5-7-19(15)30-4)12-32(27,28)17-6-8-20-18(10-17)24-22(26)14(2)31-20/h5-10,13-14H,11-12H2,1-4H3,(H,23,25)(H,24,26)/t13-,14-/m0/s1. The highest BCUT2D eigenvalue weighted by molar-refractivity contribution is 8.01. The summed E-state index contributed by atoms with van der Waals surface area (Å²) in [6.45, 7) is 3.52. The van der Waals surface area contributed by atoms with Crippen LogP contribution in [-0.2, 0) is 26.0 Å². The minimum Gasteiger partial charge on any atom is -0.497 e. The van der Waals surface area contributed by atoms with Crippen molar-refractivity contribution in [3.63, 3.8) is 0 Å². The van der Waals surface area contributed by atoms with E-state index in [-0.39, 0.29) is 28.4 Å². The van der Waals surface area contributed by atoms with Crippen LogP contribution in [0.3, 0.4) is 0 Å². The van der Waals surface area contributed by atoms with E-state index in [4.69, 9.17) is 9.47 Å². The van der Waals surface area contributed by atoms with Crippen LogP contribution in [0.2, 0.25) is 0 Å². The molecule has 1 aliphatic heterocycles. The Morgan fingerprint density at radius 2 is 1.94 bits per heavy atom. The number of rotatable bonds is 8. The van der Waals surface area contributed by atoms with Gasteiger partial charge in [0.1, 0.15) is 11.5 Å². The number of sulfone groups is 1. The van der Waals surface area contributed by atoms with Crippen molar-refractivity contribution in [1.29, 1.82) is 0 Å². The van der Waals surface area contributed by atoms with E-state index >= 15 is 0 Å². The van der Waals surface area contributed by atoms with Crippen molar-refractivity contribution in [3.8, 4) is 11.5 Å². The molecular weight excluding hydrogens is 452 g/mol. The summed E-state index contributed by atoms with van der Waals surface area (Å²) in [5.41, 5.74) is 1.19. The van der Waals surface area contributed by atoms with Crippen molar-refractivity contribution in [3.05, 3.63) is 42.0 Å². The van der Waals surface area contributed by atoms with Crippen LogP contribution in [0.1, 0.15) is 19.4 Å². The largest absolute Gasteiger partial charge is 0.497 e. The Morgan fingerprint density at radius 1 is 1.19 bits per heavy atom. The van der Waals surface area contributed by atoms with Gasteiger partial charge in [0, 0.05) is 22.9 Å². The molecule has 0 unspecified atom stereocenters. The molecule has 2 amide bonds. The summed E-state index contributed by atoms with van der Waals surface area (Å²) < 4.78 is 36.3. The Bertz CT molecular complexity index is 1130. The molecule has 1 aliphatic rings. The summed E-state index contributed by atoms with van der Waals surface area (Å²) in [6, 6.07) is 9.88. The molecule has 2 aromatic rings. The zero-order valence-electron chi connectivity index (χ0n) is 18.3. The predicted molar refractivity (Wildman–Crippen MR) is 123 cm³/mol. The Hall–Kier alpha value is -2.72. The third-order valence-electron chi connectivity index (χ3n) is 5.10. The van der Waals surface area contributed by atoms with Crippen molar-refractivity contribution < 1.29 is 27.5 Å². The average molecular weight is 479 g/mol. The molecular formula is C22H26N2O6S2.